The van der Waals surface area contributed by atoms with Gasteiger partial charge >= 0.3 is 5.97 Å². The maximum Gasteiger partial charge on any atom is 0.333 e. The zero-order chi connectivity index (χ0) is 17.9. The first-order chi connectivity index (χ1) is 11.1. The summed E-state index contributed by atoms with van der Waals surface area (Å²) >= 11 is 0. The van der Waals surface area contributed by atoms with Crippen molar-refractivity contribution in [2.45, 2.75) is 73.2 Å². The summed E-state index contributed by atoms with van der Waals surface area (Å²) in [5.41, 5.74) is 0.429. The highest BCUT2D eigenvalue weighted by Crippen LogP contribution is 2.73. The Bertz CT molecular complexity index is 566. The van der Waals surface area contributed by atoms with Gasteiger partial charge in [0.1, 0.15) is 6.10 Å². The largest absolute Gasteiger partial charge is 0.458 e. The molecule has 0 aromatic carbocycles. The van der Waals surface area contributed by atoms with E-state index in [2.05, 4.69) is 27.7 Å². The van der Waals surface area contributed by atoms with Crippen LogP contribution in [0.3, 0.4) is 0 Å². The highest BCUT2D eigenvalue weighted by molar-refractivity contribution is 5.87. The number of hydrogen-bond acceptors (Lipinski definition) is 4. The summed E-state index contributed by atoms with van der Waals surface area (Å²) in [6.45, 7) is 13.3. The van der Waals surface area contributed by atoms with Gasteiger partial charge in [-0.1, -0.05) is 40.2 Å². The van der Waals surface area contributed by atoms with E-state index in [9.17, 15) is 9.90 Å². The minimum absolute atomic E-state index is 0.0153. The van der Waals surface area contributed by atoms with Gasteiger partial charge in [-0.2, -0.15) is 0 Å². The maximum atomic E-state index is 12.5. The number of aliphatic hydroxyl groups is 1. The SMILES string of the molecule is CC=C(C)C(=O)OC1C2COC(O)C2C2(C)C(C)(C)CCCC12C. The summed E-state index contributed by atoms with van der Waals surface area (Å²) in [4.78, 5) is 12.5. The van der Waals surface area contributed by atoms with E-state index in [-0.39, 0.29) is 40.2 Å². The molecule has 136 valence electrons. The fourth-order valence-electron chi connectivity index (χ4n) is 6.09. The van der Waals surface area contributed by atoms with Crippen molar-refractivity contribution in [1.29, 1.82) is 0 Å². The molecule has 1 heterocycles. The van der Waals surface area contributed by atoms with Crippen molar-refractivity contribution in [2.75, 3.05) is 6.61 Å². The van der Waals surface area contributed by atoms with Crippen molar-refractivity contribution in [1.82, 2.24) is 0 Å². The van der Waals surface area contributed by atoms with Crippen molar-refractivity contribution in [3.05, 3.63) is 11.6 Å². The van der Waals surface area contributed by atoms with E-state index in [1.807, 2.05) is 6.92 Å². The molecule has 0 spiro atoms. The van der Waals surface area contributed by atoms with Gasteiger partial charge < -0.3 is 14.6 Å². The molecule has 0 radical (unpaired) electrons. The Labute approximate surface area is 145 Å². The second-order valence-corrected chi connectivity index (χ2v) is 9.07. The van der Waals surface area contributed by atoms with Crippen molar-refractivity contribution in [2.24, 2.45) is 28.1 Å². The molecule has 0 aromatic heterocycles. The van der Waals surface area contributed by atoms with Crippen LogP contribution in [0.5, 0.6) is 0 Å². The monoisotopic (exact) mass is 336 g/mol. The number of hydrogen-bond donors (Lipinski definition) is 1. The average Bonchev–Trinajstić information content (AvgIpc) is 2.98. The fourth-order valence-corrected chi connectivity index (χ4v) is 6.09. The van der Waals surface area contributed by atoms with Crippen LogP contribution in [0.4, 0.5) is 0 Å². The minimum atomic E-state index is -0.761. The van der Waals surface area contributed by atoms with Crippen LogP contribution in [0, 0.1) is 28.1 Å². The molecular formula is C20H32O4. The third-order valence-electron chi connectivity index (χ3n) is 7.99. The lowest BCUT2D eigenvalue weighted by molar-refractivity contribution is -0.193. The van der Waals surface area contributed by atoms with Gasteiger partial charge in [0.2, 0.25) is 0 Å². The summed E-state index contributed by atoms with van der Waals surface area (Å²) in [5, 5.41) is 10.6. The van der Waals surface area contributed by atoms with E-state index in [4.69, 9.17) is 9.47 Å². The number of allylic oxidation sites excluding steroid dienone is 1. The van der Waals surface area contributed by atoms with Gasteiger partial charge in [0.25, 0.3) is 0 Å². The summed E-state index contributed by atoms with van der Waals surface area (Å²) < 4.78 is 11.7. The predicted octanol–water partition coefficient (Wildman–Crippen LogP) is 3.68. The van der Waals surface area contributed by atoms with Crippen LogP contribution in [0.2, 0.25) is 0 Å². The molecule has 0 amide bonds. The molecule has 4 nitrogen and oxygen atoms in total. The summed E-state index contributed by atoms with van der Waals surface area (Å²) in [6.07, 6.45) is 4.12. The van der Waals surface area contributed by atoms with Gasteiger partial charge in [-0.3, -0.25) is 0 Å². The van der Waals surface area contributed by atoms with E-state index < -0.39 is 6.29 Å². The van der Waals surface area contributed by atoms with Gasteiger partial charge in [-0.25, -0.2) is 4.79 Å². The normalized spacial score (nSPS) is 47.2. The van der Waals surface area contributed by atoms with Crippen molar-refractivity contribution in [3.8, 4) is 0 Å². The molecular weight excluding hydrogens is 304 g/mol. The van der Waals surface area contributed by atoms with Gasteiger partial charge in [-0.15, -0.1) is 0 Å². The lowest BCUT2D eigenvalue weighted by atomic mass is 9.46. The van der Waals surface area contributed by atoms with E-state index in [1.165, 1.54) is 0 Å². The Balaban J connectivity index is 2.06. The zero-order valence-corrected chi connectivity index (χ0v) is 15.9. The molecule has 0 bridgehead atoms. The second kappa shape index (κ2) is 5.57. The number of aliphatic hydroxyl groups excluding tert-OH is 1. The number of carbonyl (C=O) groups excluding carboxylic acids is 1. The van der Waals surface area contributed by atoms with Crippen LogP contribution in [-0.2, 0) is 14.3 Å². The molecule has 3 rings (SSSR count). The van der Waals surface area contributed by atoms with Gasteiger partial charge in [0.15, 0.2) is 6.29 Å². The highest BCUT2D eigenvalue weighted by atomic mass is 16.6. The fraction of sp³-hybridized carbons (Fsp3) is 0.850. The Kier molecular flexibility index (Phi) is 4.16. The lowest BCUT2D eigenvalue weighted by Gasteiger charge is -2.59. The van der Waals surface area contributed by atoms with Crippen molar-refractivity contribution < 1.29 is 19.4 Å². The first kappa shape index (κ1) is 17.9. The van der Waals surface area contributed by atoms with Crippen LogP contribution in [0.15, 0.2) is 11.6 Å². The molecule has 1 saturated heterocycles. The molecule has 2 aliphatic carbocycles. The highest BCUT2D eigenvalue weighted by Gasteiger charge is 2.74. The zero-order valence-electron chi connectivity index (χ0n) is 15.9. The first-order valence-corrected chi connectivity index (χ1v) is 9.24. The Morgan fingerprint density at radius 2 is 1.92 bits per heavy atom. The smallest absolute Gasteiger partial charge is 0.333 e. The second-order valence-electron chi connectivity index (χ2n) is 9.07. The third-order valence-corrected chi connectivity index (χ3v) is 7.99. The number of ether oxygens (including phenoxy) is 2. The molecule has 6 unspecified atom stereocenters. The first-order valence-electron chi connectivity index (χ1n) is 9.24. The Hall–Kier alpha value is -0.870. The molecule has 2 saturated carbocycles. The van der Waals surface area contributed by atoms with Crippen molar-refractivity contribution in [3.63, 3.8) is 0 Å². The Morgan fingerprint density at radius 3 is 2.54 bits per heavy atom. The standard InChI is InChI=1S/C20H32O4/c1-7-12(2)16(21)24-15-13-11-23-17(22)14(13)20(6)18(3,4)9-8-10-19(15,20)5/h7,13-15,17,22H,8-11H2,1-6H3. The van der Waals surface area contributed by atoms with Crippen LogP contribution in [0.1, 0.15) is 60.8 Å². The lowest BCUT2D eigenvalue weighted by Crippen LogP contribution is -2.56. The molecule has 3 fully saturated rings. The summed E-state index contributed by atoms with van der Waals surface area (Å²) in [6, 6.07) is 0. The third kappa shape index (κ3) is 2.08. The van der Waals surface area contributed by atoms with Gasteiger partial charge in [-0.05, 0) is 37.5 Å². The quantitative estimate of drug-likeness (QED) is 0.617. The van der Waals surface area contributed by atoms with Crippen LogP contribution < -0.4 is 0 Å². The molecule has 4 heteroatoms. The van der Waals surface area contributed by atoms with E-state index >= 15 is 0 Å². The number of rotatable bonds is 2. The average molecular weight is 336 g/mol. The summed E-state index contributed by atoms with van der Waals surface area (Å²) in [5.74, 6) is -0.154. The predicted molar refractivity (Wildman–Crippen MR) is 92.1 cm³/mol. The molecule has 24 heavy (non-hydrogen) atoms. The molecule has 1 aliphatic heterocycles. The van der Waals surface area contributed by atoms with E-state index in [0.717, 1.165) is 19.3 Å². The summed E-state index contributed by atoms with van der Waals surface area (Å²) in [7, 11) is 0. The molecule has 0 aromatic rings. The van der Waals surface area contributed by atoms with E-state index in [0.29, 0.717) is 12.2 Å². The molecule has 3 aliphatic rings. The number of carbonyl (C=O) groups is 1. The number of esters is 1. The topological polar surface area (TPSA) is 55.8 Å². The van der Waals surface area contributed by atoms with Gasteiger partial charge in [0, 0.05) is 22.8 Å². The maximum absolute atomic E-state index is 12.5. The van der Waals surface area contributed by atoms with Crippen LogP contribution >= 0.6 is 0 Å². The Morgan fingerprint density at radius 1 is 1.25 bits per heavy atom. The van der Waals surface area contributed by atoms with Crippen molar-refractivity contribution >= 4 is 5.97 Å². The molecule has 1 N–H and O–H groups in total. The van der Waals surface area contributed by atoms with Crippen LogP contribution in [0.25, 0.3) is 0 Å². The number of fused-ring (bicyclic) bond motifs is 3. The van der Waals surface area contributed by atoms with Gasteiger partial charge in [0.05, 0.1) is 6.61 Å². The minimum Gasteiger partial charge on any atom is -0.458 e. The van der Waals surface area contributed by atoms with E-state index in [1.54, 1.807) is 13.0 Å². The molecule has 6 atom stereocenters. The van der Waals surface area contributed by atoms with Crippen LogP contribution in [-0.4, -0.2) is 30.1 Å².